The van der Waals surface area contributed by atoms with Crippen molar-refractivity contribution >= 4 is 34.0 Å². The van der Waals surface area contributed by atoms with Crippen molar-refractivity contribution in [3.05, 3.63) is 45.8 Å². The summed E-state index contributed by atoms with van der Waals surface area (Å²) in [7, 11) is 0. The molecular weight excluding hydrogens is 416 g/mol. The lowest BCUT2D eigenvalue weighted by atomic mass is 10.1. The quantitative estimate of drug-likeness (QED) is 0.396. The van der Waals surface area contributed by atoms with Gasteiger partial charge in [0.2, 0.25) is 0 Å². The molecule has 1 aliphatic rings. The highest BCUT2D eigenvalue weighted by Gasteiger charge is 2.24. The molecule has 1 aromatic carbocycles. The van der Waals surface area contributed by atoms with Crippen LogP contribution in [-0.2, 0) is 27.2 Å². The van der Waals surface area contributed by atoms with Gasteiger partial charge in [-0.1, -0.05) is 6.42 Å². The Balaban J connectivity index is 1.54. The van der Waals surface area contributed by atoms with Gasteiger partial charge < -0.3 is 14.8 Å². The molecule has 8 heteroatoms. The number of esters is 1. The first-order chi connectivity index (χ1) is 14.9. The van der Waals surface area contributed by atoms with Crippen molar-refractivity contribution in [2.75, 3.05) is 11.9 Å². The number of benzene rings is 1. The Labute approximate surface area is 185 Å². The monoisotopic (exact) mass is 440 g/mol. The summed E-state index contributed by atoms with van der Waals surface area (Å²) in [5.74, 6) is -0.835. The van der Waals surface area contributed by atoms with Gasteiger partial charge in [0.15, 0.2) is 18.5 Å². The highest BCUT2D eigenvalue weighted by atomic mass is 32.1. The number of ether oxygens (including phenoxy) is 2. The molecule has 1 aromatic heterocycles. The second kappa shape index (κ2) is 10.2. The number of thiophene rings is 1. The molecule has 0 fully saturated rings. The number of nitrogens with zero attached hydrogens (tertiary/aromatic N) is 1. The number of nitriles is 1. The number of anilines is 1. The molecule has 0 saturated carbocycles. The number of amides is 1. The van der Waals surface area contributed by atoms with E-state index in [1.807, 2.05) is 0 Å². The summed E-state index contributed by atoms with van der Waals surface area (Å²) < 4.78 is 10.5. The van der Waals surface area contributed by atoms with E-state index in [0.29, 0.717) is 21.9 Å². The van der Waals surface area contributed by atoms with Gasteiger partial charge in [0.25, 0.3) is 5.91 Å². The van der Waals surface area contributed by atoms with E-state index >= 15 is 0 Å². The molecule has 0 aliphatic heterocycles. The standard InChI is InChI=1S/C23H24N2O5S/c1-14(26)16-8-10-17(11-9-16)29-13-21(27)30-15(2)22(28)25-23-19(12-24)18-6-4-3-5-7-20(18)31-23/h8-11,15H,3-7,13H2,1-2H3,(H,25,28). The van der Waals surface area contributed by atoms with E-state index in [0.717, 1.165) is 42.5 Å². The fourth-order valence-corrected chi connectivity index (χ4v) is 4.62. The Hall–Kier alpha value is -3.18. The highest BCUT2D eigenvalue weighted by molar-refractivity contribution is 7.16. The Bertz CT molecular complexity index is 1020. The first kappa shape index (κ1) is 22.5. The molecule has 1 amide bonds. The maximum atomic E-state index is 12.5. The number of fused-ring (bicyclic) bond motifs is 1. The second-order valence-electron chi connectivity index (χ2n) is 7.37. The average molecular weight is 441 g/mol. The Morgan fingerprint density at radius 3 is 2.55 bits per heavy atom. The van der Waals surface area contributed by atoms with Crippen molar-refractivity contribution in [3.63, 3.8) is 0 Å². The molecule has 3 rings (SSSR count). The van der Waals surface area contributed by atoms with Crippen molar-refractivity contribution in [2.24, 2.45) is 0 Å². The van der Waals surface area contributed by atoms with Crippen LogP contribution in [0.5, 0.6) is 5.75 Å². The lowest BCUT2D eigenvalue weighted by Gasteiger charge is -2.13. The van der Waals surface area contributed by atoms with Crippen molar-refractivity contribution < 1.29 is 23.9 Å². The van der Waals surface area contributed by atoms with E-state index in [-0.39, 0.29) is 12.4 Å². The van der Waals surface area contributed by atoms with Crippen LogP contribution in [0.3, 0.4) is 0 Å². The minimum Gasteiger partial charge on any atom is -0.482 e. The third-order valence-electron chi connectivity index (χ3n) is 5.06. The van der Waals surface area contributed by atoms with E-state index in [1.54, 1.807) is 24.3 Å². The molecule has 1 unspecified atom stereocenters. The average Bonchev–Trinajstić information content (AvgIpc) is 2.91. The highest BCUT2D eigenvalue weighted by Crippen LogP contribution is 2.37. The van der Waals surface area contributed by atoms with Crippen molar-refractivity contribution in [3.8, 4) is 11.8 Å². The predicted octanol–water partition coefficient (Wildman–Crippen LogP) is 4.04. The summed E-state index contributed by atoms with van der Waals surface area (Å²) in [6.07, 6.45) is 3.99. The minimum absolute atomic E-state index is 0.0625. The molecular formula is C23H24N2O5S. The first-order valence-corrected chi connectivity index (χ1v) is 11.0. The number of carbonyl (C=O) groups excluding carboxylic acids is 3. The Morgan fingerprint density at radius 2 is 1.87 bits per heavy atom. The Morgan fingerprint density at radius 1 is 1.16 bits per heavy atom. The second-order valence-corrected chi connectivity index (χ2v) is 8.48. The van der Waals surface area contributed by atoms with Crippen molar-refractivity contribution in [1.82, 2.24) is 0 Å². The lowest BCUT2D eigenvalue weighted by molar-refractivity contribution is -0.155. The summed E-state index contributed by atoms with van der Waals surface area (Å²) in [6, 6.07) is 8.60. The molecule has 1 heterocycles. The molecule has 1 N–H and O–H groups in total. The molecule has 7 nitrogen and oxygen atoms in total. The van der Waals surface area contributed by atoms with Gasteiger partial charge in [0.1, 0.15) is 16.8 Å². The molecule has 31 heavy (non-hydrogen) atoms. The summed E-state index contributed by atoms with van der Waals surface area (Å²) >= 11 is 1.43. The van der Waals surface area contributed by atoms with Gasteiger partial charge in [-0.3, -0.25) is 9.59 Å². The predicted molar refractivity (Wildman–Crippen MR) is 116 cm³/mol. The van der Waals surface area contributed by atoms with Crippen LogP contribution in [0.1, 0.15) is 59.5 Å². The molecule has 0 radical (unpaired) electrons. The van der Waals surface area contributed by atoms with Crippen molar-refractivity contribution in [1.29, 1.82) is 5.26 Å². The number of aryl methyl sites for hydroxylation is 1. The zero-order valence-electron chi connectivity index (χ0n) is 17.5. The largest absolute Gasteiger partial charge is 0.482 e. The van der Waals surface area contributed by atoms with Crippen LogP contribution in [0.4, 0.5) is 5.00 Å². The number of ketones is 1. The number of hydrogen-bond acceptors (Lipinski definition) is 7. The molecule has 0 bridgehead atoms. The number of hydrogen-bond donors (Lipinski definition) is 1. The van der Waals surface area contributed by atoms with Gasteiger partial charge >= 0.3 is 5.97 Å². The van der Waals surface area contributed by atoms with Crippen LogP contribution in [0, 0.1) is 11.3 Å². The number of carbonyl (C=O) groups is 3. The Kier molecular flexibility index (Phi) is 7.42. The molecule has 1 aliphatic carbocycles. The van der Waals surface area contributed by atoms with Crippen LogP contribution >= 0.6 is 11.3 Å². The van der Waals surface area contributed by atoms with Crippen LogP contribution in [0.15, 0.2) is 24.3 Å². The maximum Gasteiger partial charge on any atom is 0.344 e. The lowest BCUT2D eigenvalue weighted by Crippen LogP contribution is -2.31. The zero-order valence-corrected chi connectivity index (χ0v) is 18.3. The number of Topliss-reactive ketones (excluding diaryl/α,β-unsaturated/α-hetero) is 1. The fraction of sp³-hybridized carbons (Fsp3) is 0.391. The number of rotatable bonds is 7. The smallest absolute Gasteiger partial charge is 0.344 e. The third-order valence-corrected chi connectivity index (χ3v) is 6.27. The topological polar surface area (TPSA) is 105 Å². The summed E-state index contributed by atoms with van der Waals surface area (Å²) in [4.78, 5) is 37.0. The molecule has 0 saturated heterocycles. The van der Waals surface area contributed by atoms with Gasteiger partial charge in [-0.15, -0.1) is 11.3 Å². The van der Waals surface area contributed by atoms with Gasteiger partial charge in [0, 0.05) is 10.4 Å². The van der Waals surface area contributed by atoms with E-state index < -0.39 is 18.0 Å². The number of nitrogens with one attached hydrogen (secondary N) is 1. The normalized spacial score (nSPS) is 13.8. The van der Waals surface area contributed by atoms with Crippen molar-refractivity contribution in [2.45, 2.75) is 52.1 Å². The zero-order chi connectivity index (χ0) is 22.4. The third kappa shape index (κ3) is 5.70. The van der Waals surface area contributed by atoms with Gasteiger partial charge in [0.05, 0.1) is 5.56 Å². The van der Waals surface area contributed by atoms with E-state index in [2.05, 4.69) is 11.4 Å². The summed E-state index contributed by atoms with van der Waals surface area (Å²) in [5.41, 5.74) is 2.10. The summed E-state index contributed by atoms with van der Waals surface area (Å²) in [6.45, 7) is 2.57. The van der Waals surface area contributed by atoms with E-state index in [1.165, 1.54) is 25.2 Å². The summed E-state index contributed by atoms with van der Waals surface area (Å²) in [5, 5.41) is 12.8. The minimum atomic E-state index is -1.04. The van der Waals surface area contributed by atoms with Crippen LogP contribution in [0.25, 0.3) is 0 Å². The van der Waals surface area contributed by atoms with E-state index in [9.17, 15) is 19.6 Å². The van der Waals surface area contributed by atoms with Gasteiger partial charge in [-0.2, -0.15) is 5.26 Å². The fourth-order valence-electron chi connectivity index (χ4n) is 3.38. The van der Waals surface area contributed by atoms with Gasteiger partial charge in [-0.25, -0.2) is 4.79 Å². The molecule has 2 aromatic rings. The molecule has 1 atom stereocenters. The van der Waals surface area contributed by atoms with Crippen LogP contribution in [0.2, 0.25) is 0 Å². The molecule has 162 valence electrons. The SMILES string of the molecule is CC(=O)c1ccc(OCC(=O)OC(C)C(=O)Nc2sc3c(c2C#N)CCCCC3)cc1. The van der Waals surface area contributed by atoms with Crippen LogP contribution < -0.4 is 10.1 Å². The maximum absolute atomic E-state index is 12.5. The van der Waals surface area contributed by atoms with Crippen LogP contribution in [-0.4, -0.2) is 30.4 Å². The molecule has 0 spiro atoms. The van der Waals surface area contributed by atoms with E-state index in [4.69, 9.17) is 9.47 Å². The first-order valence-electron chi connectivity index (χ1n) is 10.2. The van der Waals surface area contributed by atoms with Gasteiger partial charge in [-0.05, 0) is 69.4 Å².